The summed E-state index contributed by atoms with van der Waals surface area (Å²) in [5.74, 6) is 0.615. The molecule has 35 heavy (non-hydrogen) atoms. The van der Waals surface area contributed by atoms with Gasteiger partial charge in [0.25, 0.3) is 0 Å². The molecule has 9 nitrogen and oxygen atoms in total. The lowest BCUT2D eigenvalue weighted by Gasteiger charge is -2.33. The number of benzene rings is 2. The van der Waals surface area contributed by atoms with E-state index in [-0.39, 0.29) is 23.9 Å². The third-order valence-corrected chi connectivity index (χ3v) is 6.10. The van der Waals surface area contributed by atoms with Crippen molar-refractivity contribution in [1.82, 2.24) is 15.5 Å². The lowest BCUT2D eigenvalue weighted by Crippen LogP contribution is -2.53. The van der Waals surface area contributed by atoms with E-state index in [2.05, 4.69) is 16.0 Å². The summed E-state index contributed by atoms with van der Waals surface area (Å²) in [5.41, 5.74) is 2.63. The highest BCUT2D eigenvalue weighted by Crippen LogP contribution is 2.28. The molecule has 188 valence electrons. The van der Waals surface area contributed by atoms with Gasteiger partial charge in [-0.05, 0) is 49.1 Å². The van der Waals surface area contributed by atoms with Crippen molar-refractivity contribution in [2.75, 3.05) is 32.6 Å². The van der Waals surface area contributed by atoms with Crippen molar-refractivity contribution in [1.29, 1.82) is 0 Å². The van der Waals surface area contributed by atoms with E-state index in [0.29, 0.717) is 43.9 Å². The van der Waals surface area contributed by atoms with Crippen LogP contribution in [0.5, 0.6) is 11.5 Å². The van der Waals surface area contributed by atoms with E-state index in [9.17, 15) is 14.4 Å². The highest BCUT2D eigenvalue weighted by Gasteiger charge is 2.27. The second kappa shape index (κ2) is 12.1. The first-order valence-corrected chi connectivity index (χ1v) is 11.7. The van der Waals surface area contributed by atoms with Crippen molar-refractivity contribution in [2.24, 2.45) is 0 Å². The maximum Gasteiger partial charge on any atom is 0.321 e. The number of hydrogen-bond donors (Lipinski definition) is 3. The molecule has 4 amide bonds. The average Bonchev–Trinajstić information content (AvgIpc) is 2.85. The van der Waals surface area contributed by atoms with Crippen LogP contribution in [0.4, 0.5) is 10.5 Å². The van der Waals surface area contributed by atoms with Crippen LogP contribution in [-0.2, 0) is 16.0 Å². The molecule has 1 saturated heterocycles. The van der Waals surface area contributed by atoms with Gasteiger partial charge in [-0.1, -0.05) is 24.3 Å². The molecule has 1 atom stereocenters. The Morgan fingerprint density at radius 1 is 1.03 bits per heavy atom. The second-order valence-electron chi connectivity index (χ2n) is 8.66. The quantitative estimate of drug-likeness (QED) is 0.536. The van der Waals surface area contributed by atoms with Gasteiger partial charge < -0.3 is 30.3 Å². The van der Waals surface area contributed by atoms with Gasteiger partial charge in [0.2, 0.25) is 11.8 Å². The van der Waals surface area contributed by atoms with Gasteiger partial charge in [-0.15, -0.1) is 0 Å². The molecular weight excluding hydrogens is 448 g/mol. The highest BCUT2D eigenvalue weighted by molar-refractivity contribution is 5.90. The van der Waals surface area contributed by atoms with Crippen LogP contribution in [0, 0.1) is 6.92 Å². The van der Waals surface area contributed by atoms with Crippen LogP contribution in [0.25, 0.3) is 0 Å². The maximum atomic E-state index is 13.0. The number of hydrogen-bond acceptors (Lipinski definition) is 5. The van der Waals surface area contributed by atoms with Crippen molar-refractivity contribution in [2.45, 2.75) is 45.2 Å². The Morgan fingerprint density at radius 2 is 1.71 bits per heavy atom. The topological polar surface area (TPSA) is 109 Å². The van der Waals surface area contributed by atoms with E-state index < -0.39 is 6.04 Å². The Bertz CT molecular complexity index is 1050. The largest absolute Gasteiger partial charge is 0.493 e. The number of methoxy groups -OCH3 is 2. The molecule has 1 heterocycles. The first kappa shape index (κ1) is 25.9. The lowest BCUT2D eigenvalue weighted by atomic mass is 10.0. The maximum absolute atomic E-state index is 13.0. The van der Waals surface area contributed by atoms with Crippen LogP contribution < -0.4 is 25.4 Å². The van der Waals surface area contributed by atoms with Gasteiger partial charge >= 0.3 is 6.03 Å². The monoisotopic (exact) mass is 482 g/mol. The molecule has 1 aliphatic heterocycles. The average molecular weight is 483 g/mol. The number of rotatable bonds is 8. The predicted molar refractivity (Wildman–Crippen MR) is 134 cm³/mol. The van der Waals surface area contributed by atoms with E-state index in [1.807, 2.05) is 37.3 Å². The summed E-state index contributed by atoms with van der Waals surface area (Å²) in [4.78, 5) is 39.2. The minimum absolute atomic E-state index is 0.0772. The van der Waals surface area contributed by atoms with E-state index in [4.69, 9.17) is 9.47 Å². The predicted octanol–water partition coefficient (Wildman–Crippen LogP) is 2.87. The van der Waals surface area contributed by atoms with Crippen LogP contribution in [0.1, 0.15) is 30.9 Å². The van der Waals surface area contributed by atoms with Crippen LogP contribution >= 0.6 is 0 Å². The number of aryl methyl sites for hydroxylation is 1. The Kier molecular flexibility index (Phi) is 8.94. The number of nitrogens with one attached hydrogen (secondary N) is 3. The van der Waals surface area contributed by atoms with Crippen LogP contribution in [0.2, 0.25) is 0 Å². The van der Waals surface area contributed by atoms with Gasteiger partial charge in [0, 0.05) is 38.2 Å². The molecule has 2 aromatic carbocycles. The molecule has 2 aromatic rings. The third-order valence-electron chi connectivity index (χ3n) is 6.10. The Hall–Kier alpha value is -3.75. The minimum atomic E-state index is -0.729. The smallest absolute Gasteiger partial charge is 0.321 e. The minimum Gasteiger partial charge on any atom is -0.493 e. The molecule has 0 aromatic heterocycles. The lowest BCUT2D eigenvalue weighted by molar-refractivity contribution is -0.128. The van der Waals surface area contributed by atoms with Crippen LogP contribution in [-0.4, -0.2) is 62.1 Å². The van der Waals surface area contributed by atoms with Gasteiger partial charge in [0.15, 0.2) is 11.5 Å². The molecule has 0 spiro atoms. The van der Waals surface area contributed by atoms with E-state index in [1.54, 1.807) is 31.3 Å². The number of carbonyl (C=O) groups excluding carboxylic acids is 3. The van der Waals surface area contributed by atoms with Crippen molar-refractivity contribution in [3.63, 3.8) is 0 Å². The van der Waals surface area contributed by atoms with E-state index in [0.717, 1.165) is 16.8 Å². The number of amides is 4. The summed E-state index contributed by atoms with van der Waals surface area (Å²) >= 11 is 0. The number of piperidine rings is 1. The molecule has 0 radical (unpaired) electrons. The standard InChI is InChI=1S/C26H34N4O5/c1-17-7-5-6-8-21(17)29-26(33)30-13-11-20(12-14-30)28-25(32)22(27-18(2)31)15-19-9-10-23(34-3)24(16-19)35-4/h5-10,16,20,22H,11-15H2,1-4H3,(H,27,31)(H,28,32)(H,29,33)/t22-/m0/s1. The number of nitrogens with zero attached hydrogens (tertiary/aromatic N) is 1. The molecule has 3 rings (SSSR count). The molecule has 0 saturated carbocycles. The molecule has 0 aliphatic carbocycles. The fourth-order valence-electron chi connectivity index (χ4n) is 4.13. The molecule has 9 heteroatoms. The van der Waals surface area contributed by atoms with Gasteiger partial charge in [0.1, 0.15) is 6.04 Å². The first-order chi connectivity index (χ1) is 16.8. The summed E-state index contributed by atoms with van der Waals surface area (Å²) < 4.78 is 10.6. The van der Waals surface area contributed by atoms with Crippen molar-refractivity contribution in [3.8, 4) is 11.5 Å². The van der Waals surface area contributed by atoms with E-state index >= 15 is 0 Å². The van der Waals surface area contributed by atoms with E-state index in [1.165, 1.54) is 6.92 Å². The molecule has 1 aliphatic rings. The van der Waals surface area contributed by atoms with Crippen molar-refractivity contribution < 1.29 is 23.9 Å². The summed E-state index contributed by atoms with van der Waals surface area (Å²) in [5, 5.41) is 8.74. The SMILES string of the molecule is COc1ccc(C[C@H](NC(C)=O)C(=O)NC2CCN(C(=O)Nc3ccccc3C)CC2)cc1OC. The fourth-order valence-corrected chi connectivity index (χ4v) is 4.13. The summed E-state index contributed by atoms with van der Waals surface area (Å²) in [6, 6.07) is 12.1. The normalized spacial score (nSPS) is 14.6. The summed E-state index contributed by atoms with van der Waals surface area (Å²) in [6.07, 6.45) is 1.58. The van der Waals surface area contributed by atoms with Gasteiger partial charge in [-0.3, -0.25) is 9.59 Å². The Labute approximate surface area is 206 Å². The number of anilines is 1. The zero-order valence-corrected chi connectivity index (χ0v) is 20.7. The highest BCUT2D eigenvalue weighted by atomic mass is 16.5. The number of carbonyl (C=O) groups is 3. The van der Waals surface area contributed by atoms with Crippen LogP contribution in [0.3, 0.4) is 0 Å². The van der Waals surface area contributed by atoms with Gasteiger partial charge in [-0.2, -0.15) is 0 Å². The zero-order valence-electron chi connectivity index (χ0n) is 20.7. The first-order valence-electron chi connectivity index (χ1n) is 11.7. The Balaban J connectivity index is 1.56. The third kappa shape index (κ3) is 7.11. The van der Waals surface area contributed by atoms with Crippen molar-refractivity contribution in [3.05, 3.63) is 53.6 Å². The zero-order chi connectivity index (χ0) is 25.4. The Morgan fingerprint density at radius 3 is 2.34 bits per heavy atom. The number of urea groups is 1. The number of para-hydroxylation sites is 1. The number of likely N-dealkylation sites (tertiary alicyclic amines) is 1. The molecule has 0 bridgehead atoms. The molecule has 1 fully saturated rings. The summed E-state index contributed by atoms with van der Waals surface area (Å²) in [6.45, 7) is 4.40. The molecular formula is C26H34N4O5. The fraction of sp³-hybridized carbons (Fsp3) is 0.423. The van der Waals surface area contributed by atoms with Crippen molar-refractivity contribution >= 4 is 23.5 Å². The van der Waals surface area contributed by atoms with Gasteiger partial charge in [0.05, 0.1) is 14.2 Å². The second-order valence-corrected chi connectivity index (χ2v) is 8.66. The molecule has 3 N–H and O–H groups in total. The van der Waals surface area contributed by atoms with Gasteiger partial charge in [-0.25, -0.2) is 4.79 Å². The molecule has 0 unspecified atom stereocenters. The number of ether oxygens (including phenoxy) is 2. The van der Waals surface area contributed by atoms with Crippen LogP contribution in [0.15, 0.2) is 42.5 Å². The summed E-state index contributed by atoms with van der Waals surface area (Å²) in [7, 11) is 3.11.